The Labute approximate surface area is 259 Å². The Morgan fingerprint density at radius 2 is 0.898 bits per heavy atom. The number of hydrogen-bond acceptors (Lipinski definition) is 3. The molecule has 0 radical (unpaired) electrons. The van der Waals surface area contributed by atoms with Gasteiger partial charge in [0.25, 0.3) is 0 Å². The number of alkyl halides is 20. The minimum absolute atomic E-state index is 0.289. The van der Waals surface area contributed by atoms with Gasteiger partial charge in [-0.2, -0.15) is 79.0 Å². The second kappa shape index (κ2) is 12.9. The highest BCUT2D eigenvalue weighted by Gasteiger charge is 2.96. The molecule has 0 saturated heterocycles. The number of halogens is 20. The Morgan fingerprint density at radius 3 is 1.27 bits per heavy atom. The molecule has 0 unspecified atom stereocenters. The van der Waals surface area contributed by atoms with Crippen molar-refractivity contribution >= 4 is 5.97 Å². The predicted octanol–water partition coefficient (Wildman–Crippen LogP) is 9.89. The van der Waals surface area contributed by atoms with Crippen LogP contribution in [0, 0.1) is 0 Å². The maximum absolute atomic E-state index is 14.1. The van der Waals surface area contributed by atoms with Gasteiger partial charge in [-0.25, -0.2) is 13.6 Å². The van der Waals surface area contributed by atoms with E-state index in [4.69, 9.17) is 4.74 Å². The lowest BCUT2D eigenvalue weighted by molar-refractivity contribution is -0.465. The van der Waals surface area contributed by atoms with Gasteiger partial charge in [0, 0.05) is 0 Å². The third kappa shape index (κ3) is 6.40. The van der Waals surface area contributed by atoms with Gasteiger partial charge in [-0.1, -0.05) is 24.3 Å². The van der Waals surface area contributed by atoms with E-state index in [1.807, 2.05) is 0 Å². The first-order chi connectivity index (χ1) is 21.8. The molecule has 2 rings (SSSR count). The van der Waals surface area contributed by atoms with Crippen molar-refractivity contribution in [1.82, 2.24) is 0 Å². The van der Waals surface area contributed by atoms with Crippen LogP contribution in [-0.4, -0.2) is 78.9 Å². The van der Waals surface area contributed by atoms with Crippen molar-refractivity contribution in [2.24, 2.45) is 0 Å². The van der Waals surface area contributed by atoms with Crippen molar-refractivity contribution in [2.45, 2.75) is 66.7 Å². The van der Waals surface area contributed by atoms with Gasteiger partial charge in [-0.15, -0.1) is 0 Å². The van der Waals surface area contributed by atoms with E-state index < -0.39 is 77.9 Å². The van der Waals surface area contributed by atoms with E-state index in [9.17, 15) is 92.6 Å². The van der Waals surface area contributed by atoms with E-state index in [1.165, 1.54) is 24.3 Å². The summed E-state index contributed by atoms with van der Waals surface area (Å²) in [7, 11) is 0. The molecule has 0 N–H and O–H groups in total. The van der Waals surface area contributed by atoms with Gasteiger partial charge >= 0.3 is 65.7 Å². The number of carbonyl (C=O) groups is 1. The van der Waals surface area contributed by atoms with Crippen molar-refractivity contribution in [3.05, 3.63) is 54.1 Å². The molecule has 0 aromatic heterocycles. The van der Waals surface area contributed by atoms with Crippen LogP contribution in [-0.2, 0) is 4.74 Å². The van der Waals surface area contributed by atoms with Gasteiger partial charge in [0.1, 0.15) is 5.75 Å². The number of hydrogen-bond donors (Lipinski definition) is 0. The molecule has 0 aliphatic rings. The number of ether oxygens (including phenoxy) is 2. The summed E-state index contributed by atoms with van der Waals surface area (Å²) in [6.07, 6.45) is -6.14. The summed E-state index contributed by atoms with van der Waals surface area (Å²) >= 11 is 0. The molecule has 0 spiro atoms. The summed E-state index contributed by atoms with van der Waals surface area (Å²) in [6, 6.07) is 9.62. The maximum Gasteiger partial charge on any atom is 0.385 e. The number of esters is 1. The minimum Gasteiger partial charge on any atom is -0.494 e. The number of benzene rings is 2. The van der Waals surface area contributed by atoms with Gasteiger partial charge in [-0.05, 0) is 42.3 Å². The topological polar surface area (TPSA) is 35.5 Å². The van der Waals surface area contributed by atoms with Gasteiger partial charge in [0.2, 0.25) is 0 Å². The predicted molar refractivity (Wildman–Crippen MR) is 124 cm³/mol. The van der Waals surface area contributed by atoms with Crippen LogP contribution in [0.15, 0.2) is 48.5 Å². The van der Waals surface area contributed by atoms with E-state index in [2.05, 4.69) is 4.74 Å². The molecule has 2 aromatic rings. The van der Waals surface area contributed by atoms with Crippen molar-refractivity contribution < 1.29 is 102 Å². The number of rotatable bonds is 15. The first-order valence-electron chi connectivity index (χ1n) is 12.5. The summed E-state index contributed by atoms with van der Waals surface area (Å²) in [6.45, 7) is -1.46. The van der Waals surface area contributed by atoms with Gasteiger partial charge in [0.05, 0.1) is 12.2 Å². The van der Waals surface area contributed by atoms with Crippen molar-refractivity contribution in [1.29, 1.82) is 0 Å². The fourth-order valence-electron chi connectivity index (χ4n) is 3.60. The first kappa shape index (κ1) is 41.5. The molecular formula is C26H16F20O3. The molecule has 278 valence electrons. The Hall–Kier alpha value is -3.69. The standard InChI is InChI=1S/C26H16F20O3/c1-2-48-15-9-7-13(8-10-15)12-3-5-14(6-4-12)16(47)49-11-18(29,30)20(33,34)22(37,38)24(41,42)26(45,46)25(43,44)23(39,40)21(35,36)19(31,32)17(27)28/h3-10,17H,2,11H2,1H3. The number of carbonyl (C=O) groups excluding carboxylic acids is 1. The smallest absolute Gasteiger partial charge is 0.385 e. The van der Waals surface area contributed by atoms with Crippen LogP contribution in [0.2, 0.25) is 0 Å². The van der Waals surface area contributed by atoms with E-state index in [0.717, 1.165) is 24.3 Å². The highest BCUT2D eigenvalue weighted by Crippen LogP contribution is 2.65. The summed E-state index contributed by atoms with van der Waals surface area (Å²) in [5.74, 6) is -77.9. The monoisotopic (exact) mass is 756 g/mol. The van der Waals surface area contributed by atoms with E-state index in [1.54, 1.807) is 6.92 Å². The molecule has 0 aliphatic carbocycles. The molecule has 0 fully saturated rings. The SMILES string of the molecule is CCOc1ccc(-c2ccc(C(=O)OCC(F)(F)C(F)(F)C(F)(F)C(F)(F)C(F)(F)C(F)(F)C(F)(F)C(F)(F)C(F)(F)C(F)F)cc2)cc1. The van der Waals surface area contributed by atoms with Crippen LogP contribution in [0.4, 0.5) is 87.8 Å². The Morgan fingerprint density at radius 1 is 0.551 bits per heavy atom. The fraction of sp³-hybridized carbons (Fsp3) is 0.500. The Bertz CT molecular complexity index is 1450. The highest BCUT2D eigenvalue weighted by atomic mass is 19.4. The maximum atomic E-state index is 14.1. The highest BCUT2D eigenvalue weighted by molar-refractivity contribution is 5.90. The molecule has 0 heterocycles. The van der Waals surface area contributed by atoms with Crippen LogP contribution >= 0.6 is 0 Å². The quantitative estimate of drug-likeness (QED) is 0.134. The van der Waals surface area contributed by atoms with E-state index in [0.29, 0.717) is 17.9 Å². The minimum atomic E-state index is -9.12. The summed E-state index contributed by atoms with van der Waals surface area (Å²) in [5, 5.41) is 0. The van der Waals surface area contributed by atoms with Crippen LogP contribution < -0.4 is 4.74 Å². The first-order valence-corrected chi connectivity index (χ1v) is 12.5. The molecular weight excluding hydrogens is 740 g/mol. The molecule has 3 nitrogen and oxygen atoms in total. The molecule has 0 bridgehead atoms. The van der Waals surface area contributed by atoms with Crippen molar-refractivity contribution in [3.8, 4) is 16.9 Å². The van der Waals surface area contributed by atoms with E-state index >= 15 is 0 Å². The average molecular weight is 756 g/mol. The molecule has 0 amide bonds. The zero-order valence-corrected chi connectivity index (χ0v) is 23.4. The average Bonchev–Trinajstić information content (AvgIpc) is 2.99. The largest absolute Gasteiger partial charge is 0.494 e. The fourth-order valence-corrected chi connectivity index (χ4v) is 3.60. The molecule has 0 aliphatic heterocycles. The summed E-state index contributed by atoms with van der Waals surface area (Å²) in [4.78, 5) is 12.0. The lowest BCUT2D eigenvalue weighted by Crippen LogP contribution is -2.76. The summed E-state index contributed by atoms with van der Waals surface area (Å²) in [5.41, 5.74) is -0.109. The molecule has 23 heteroatoms. The molecule has 2 aromatic carbocycles. The zero-order chi connectivity index (χ0) is 38.4. The van der Waals surface area contributed by atoms with Gasteiger partial charge in [-0.3, -0.25) is 0 Å². The van der Waals surface area contributed by atoms with Crippen LogP contribution in [0.1, 0.15) is 17.3 Å². The van der Waals surface area contributed by atoms with Crippen molar-refractivity contribution in [2.75, 3.05) is 13.2 Å². The lowest BCUT2D eigenvalue weighted by Gasteiger charge is -2.44. The van der Waals surface area contributed by atoms with Crippen LogP contribution in [0.25, 0.3) is 11.1 Å². The van der Waals surface area contributed by atoms with Gasteiger partial charge < -0.3 is 9.47 Å². The van der Waals surface area contributed by atoms with Crippen LogP contribution in [0.3, 0.4) is 0 Å². The molecule has 0 atom stereocenters. The third-order valence-corrected chi connectivity index (χ3v) is 6.52. The summed E-state index contributed by atoms with van der Waals surface area (Å²) < 4.78 is 280. The molecule has 0 saturated carbocycles. The zero-order valence-electron chi connectivity index (χ0n) is 23.4. The Balaban J connectivity index is 2.37. The van der Waals surface area contributed by atoms with Gasteiger partial charge in [0.15, 0.2) is 6.61 Å². The Kier molecular flexibility index (Phi) is 10.9. The normalized spacial score (nSPS) is 14.7. The van der Waals surface area contributed by atoms with Crippen molar-refractivity contribution in [3.63, 3.8) is 0 Å². The molecule has 49 heavy (non-hydrogen) atoms. The second-order valence-corrected chi connectivity index (χ2v) is 9.76. The third-order valence-electron chi connectivity index (χ3n) is 6.52. The lowest BCUT2D eigenvalue weighted by atomic mass is 9.86. The van der Waals surface area contributed by atoms with E-state index in [-0.39, 0.29) is 5.56 Å². The van der Waals surface area contributed by atoms with Crippen LogP contribution in [0.5, 0.6) is 5.75 Å². The second-order valence-electron chi connectivity index (χ2n) is 9.76.